The van der Waals surface area contributed by atoms with Crippen LogP contribution in [0.5, 0.6) is 0 Å². The molecule has 6 aromatic rings. The molecular weight excluding hydrogens is 1300 g/mol. The molecule has 101 heavy (non-hydrogen) atoms. The molecule has 21 nitrogen and oxygen atoms in total. The summed E-state index contributed by atoms with van der Waals surface area (Å²) in [6.07, 6.45) is 2.25. The highest BCUT2D eigenvalue weighted by molar-refractivity contribution is 7.89. The van der Waals surface area contributed by atoms with Gasteiger partial charge < -0.3 is 40.2 Å². The van der Waals surface area contributed by atoms with Crippen molar-refractivity contribution in [1.29, 1.82) is 0 Å². The molecule has 2 aliphatic heterocycles. The number of piperazine rings is 1. The Bertz CT molecular complexity index is 4320. The van der Waals surface area contributed by atoms with E-state index in [-0.39, 0.29) is 91.0 Å². The molecule has 1 aromatic heterocycles. The van der Waals surface area contributed by atoms with Gasteiger partial charge in [0.1, 0.15) is 36.2 Å². The van der Waals surface area contributed by atoms with E-state index in [1.165, 1.54) is 8.99 Å². The first-order valence-corrected chi connectivity index (χ1v) is 37.1. The lowest BCUT2D eigenvalue weighted by molar-refractivity contribution is -0.134. The number of sulfonamides is 1. The summed E-state index contributed by atoms with van der Waals surface area (Å²) in [6.45, 7) is 25.2. The summed E-state index contributed by atoms with van der Waals surface area (Å²) in [5.41, 5.74) is 7.86. The Hall–Kier alpha value is -9.38. The van der Waals surface area contributed by atoms with Crippen LogP contribution >= 0.6 is 0 Å². The lowest BCUT2D eigenvalue weighted by Gasteiger charge is -2.35. The number of hydrogen-bond donors (Lipinski definition) is 4. The molecule has 9 rings (SSSR count). The largest absolute Gasteiger partial charge is 0.456 e. The summed E-state index contributed by atoms with van der Waals surface area (Å²) in [7, 11) is -3.98. The molecule has 0 saturated carbocycles. The third-order valence-corrected chi connectivity index (χ3v) is 20.7. The van der Waals surface area contributed by atoms with Crippen molar-refractivity contribution >= 4 is 62.0 Å². The van der Waals surface area contributed by atoms with E-state index in [0.717, 1.165) is 76.2 Å². The number of ketones is 1. The van der Waals surface area contributed by atoms with Gasteiger partial charge in [0.2, 0.25) is 39.0 Å². The lowest BCUT2D eigenvalue weighted by atomic mass is 9.87. The number of anilines is 1. The number of aromatic nitrogens is 3. The minimum atomic E-state index is -3.98. The number of amides is 5. The van der Waals surface area contributed by atoms with Crippen LogP contribution in [0.15, 0.2) is 155 Å². The maximum absolute atomic E-state index is 14.6. The number of rotatable bonds is 32. The number of carbonyl (C=O) groups is 6. The second-order valence-electron chi connectivity index (χ2n) is 27.5. The quantitative estimate of drug-likeness (QED) is 0.0133. The van der Waals surface area contributed by atoms with Crippen molar-refractivity contribution in [2.24, 2.45) is 5.92 Å². The van der Waals surface area contributed by atoms with E-state index in [0.29, 0.717) is 79.9 Å². The van der Waals surface area contributed by atoms with E-state index in [1.807, 2.05) is 56.3 Å². The van der Waals surface area contributed by atoms with Gasteiger partial charge in [-0.15, -0.1) is 5.10 Å². The van der Waals surface area contributed by atoms with Crippen molar-refractivity contribution in [3.63, 3.8) is 0 Å². The summed E-state index contributed by atoms with van der Waals surface area (Å²) in [6, 6.07) is 41.2. The van der Waals surface area contributed by atoms with Crippen molar-refractivity contribution in [3.05, 3.63) is 185 Å². The van der Waals surface area contributed by atoms with Gasteiger partial charge in [0.25, 0.3) is 5.91 Å². The van der Waals surface area contributed by atoms with E-state index in [2.05, 4.69) is 121 Å². The van der Waals surface area contributed by atoms with Crippen molar-refractivity contribution in [3.8, 4) is 22.5 Å². The molecule has 4 N–H and O–H groups in total. The van der Waals surface area contributed by atoms with Crippen molar-refractivity contribution in [2.75, 3.05) is 76.9 Å². The average molecular weight is 1400 g/mol. The molecule has 0 radical (unpaired) electrons. The van der Waals surface area contributed by atoms with Gasteiger partial charge in [0.15, 0.2) is 5.78 Å². The van der Waals surface area contributed by atoms with Gasteiger partial charge in [0.05, 0.1) is 35.8 Å². The summed E-state index contributed by atoms with van der Waals surface area (Å²) >= 11 is 0. The maximum atomic E-state index is 14.6. The van der Waals surface area contributed by atoms with E-state index in [4.69, 9.17) is 4.42 Å². The van der Waals surface area contributed by atoms with Gasteiger partial charge in [-0.2, -0.15) is 4.31 Å². The van der Waals surface area contributed by atoms with Crippen LogP contribution in [-0.4, -0.2) is 162 Å². The molecule has 0 bridgehead atoms. The van der Waals surface area contributed by atoms with Gasteiger partial charge in [-0.05, 0) is 112 Å². The normalized spacial score (nSPS) is 13.7. The second kappa shape index (κ2) is 34.8. The van der Waals surface area contributed by atoms with Crippen molar-refractivity contribution in [1.82, 2.24) is 49.6 Å². The Morgan fingerprint density at radius 3 is 2.04 bits per heavy atom. The number of nitrogens with one attached hydrogen (secondary N) is 3. The highest BCUT2D eigenvalue weighted by Gasteiger charge is 2.33. The number of hydrogen-bond acceptors (Lipinski definition) is 13. The molecule has 3 heterocycles. The van der Waals surface area contributed by atoms with Gasteiger partial charge in [-0.25, -0.2) is 17.7 Å². The first-order chi connectivity index (χ1) is 48.4. The van der Waals surface area contributed by atoms with Crippen LogP contribution in [0, 0.1) is 5.92 Å². The maximum Gasteiger partial charge on any atom is 0.254 e. The van der Waals surface area contributed by atoms with Crippen LogP contribution in [-0.2, 0) is 47.6 Å². The fourth-order valence-electron chi connectivity index (χ4n) is 12.9. The van der Waals surface area contributed by atoms with Crippen LogP contribution < -0.4 is 30.8 Å². The molecule has 1 saturated heterocycles. The predicted octanol–water partition coefficient (Wildman–Crippen LogP) is 10.0. The average Bonchev–Trinajstić information content (AvgIpc) is 1.05. The molecule has 1 unspecified atom stereocenters. The molecule has 3 atom stereocenters. The molecule has 5 aromatic carbocycles. The Labute approximate surface area is 594 Å². The van der Waals surface area contributed by atoms with Crippen LogP contribution in [0.4, 0.5) is 5.69 Å². The van der Waals surface area contributed by atoms with E-state index >= 15 is 0 Å². The van der Waals surface area contributed by atoms with Crippen LogP contribution in [0.2, 0.25) is 0 Å². The molecule has 5 amide bonds. The zero-order chi connectivity index (χ0) is 72.5. The Balaban J connectivity index is 0.746. The minimum absolute atomic E-state index is 0.00217. The zero-order valence-electron chi connectivity index (χ0n) is 60.2. The number of unbranched alkanes of at least 4 members (excludes halogenated alkanes) is 2. The molecule has 22 heteroatoms. The fourth-order valence-corrected chi connectivity index (χ4v) is 14.5. The zero-order valence-corrected chi connectivity index (χ0v) is 61.0. The highest BCUT2D eigenvalue weighted by atomic mass is 32.2. The molecule has 3 aliphatic rings. The highest BCUT2D eigenvalue weighted by Crippen LogP contribution is 2.42. The first-order valence-electron chi connectivity index (χ1n) is 35.6. The molecule has 0 spiro atoms. The number of fused-ring (bicyclic) bond motifs is 2. The Kier molecular flexibility index (Phi) is 26.1. The molecule has 1 fully saturated rings. The van der Waals surface area contributed by atoms with Crippen LogP contribution in [0.3, 0.4) is 0 Å². The summed E-state index contributed by atoms with van der Waals surface area (Å²) < 4.78 is 39.7. The van der Waals surface area contributed by atoms with E-state index in [1.54, 1.807) is 83.6 Å². The Morgan fingerprint density at radius 1 is 0.693 bits per heavy atom. The number of benzene rings is 6. The lowest BCUT2D eigenvalue weighted by Crippen LogP contribution is -2.50. The van der Waals surface area contributed by atoms with Gasteiger partial charge >= 0.3 is 0 Å². The third-order valence-electron chi connectivity index (χ3n) is 18.9. The number of aliphatic hydroxyl groups excluding tert-OH is 1. The predicted molar refractivity (Wildman–Crippen MR) is 395 cm³/mol. The SMILES string of the molecule is CCN(CC)c1ccc2c(-c3ccccc3C(=O)N3CCN(C(=O)CCC(=O)NCCCCCC(=O)N[C@@H](Cc4ccc(C(=O)c5ccccc5)cc4)C(=O)NCc4cn([C@@H](C)C(O)CN(CC(C)C)S(=O)(=O)c5ccc(C(C)(C)C)cc5)nn4)CC3)c3ccc(=[N+](CC)CC)cc-3oc2c1. The number of aliphatic hydroxyl groups is 1. The van der Waals surface area contributed by atoms with Crippen LogP contribution in [0.1, 0.15) is 157 Å². The van der Waals surface area contributed by atoms with Gasteiger partial charge in [-0.3, -0.25) is 28.8 Å². The smallest absolute Gasteiger partial charge is 0.254 e. The Morgan fingerprint density at radius 2 is 1.37 bits per heavy atom. The summed E-state index contributed by atoms with van der Waals surface area (Å²) in [5.74, 6) is -0.865. The first kappa shape index (κ1) is 75.8. The van der Waals surface area contributed by atoms with Crippen LogP contribution in [0.25, 0.3) is 33.4 Å². The molecule has 536 valence electrons. The van der Waals surface area contributed by atoms with Gasteiger partial charge in [0, 0.05) is 136 Å². The number of nitrogens with zero attached hydrogens (tertiary/aromatic N) is 8. The summed E-state index contributed by atoms with van der Waals surface area (Å²) in [4.78, 5) is 88.0. The summed E-state index contributed by atoms with van der Waals surface area (Å²) in [5, 5.41) is 30.6. The standard InChI is InChI=1S/C79H99N11O10S/c1-11-85(12-2)61-34-38-66-70(48-61)100-71-49-62(86(13-3)14-4)35-39-67(71)75(66)64-25-20-21-26-65(64)78(97)88-45-43-87(44-46-88)74(94)41-40-72(92)80-42-22-16-19-27-73(93)82-68(47-56-28-30-58(31-29-56)76(95)57-23-17-15-18-24-57)77(96)81-50-60-52-90(84-83-60)55(7)69(91)53-89(51-54(5)6)101(98,99)63-36-32-59(33-37-63)79(8,9)10/h15,17-18,20-21,23-26,28-39,48-49,52,54-55,68-69,91H,11-14,16,19,22,27,40-47,50-51,53H2,1-10H3,(H2-,80,81,82,92,93,96)/p+1/t55-,68-,69?/m0/s1. The molecular formula is C79H100N11O10S+. The van der Waals surface area contributed by atoms with Crippen molar-refractivity contribution in [2.45, 2.75) is 149 Å². The fraction of sp³-hybridized carbons (Fsp3) is 0.430. The topological polar surface area (TPSA) is 253 Å². The van der Waals surface area contributed by atoms with Gasteiger partial charge in [-0.1, -0.05) is 131 Å². The van der Waals surface area contributed by atoms with Crippen molar-refractivity contribution < 1.29 is 46.7 Å². The third kappa shape index (κ3) is 19.4. The molecule has 1 aliphatic carbocycles. The monoisotopic (exact) mass is 1390 g/mol. The van der Waals surface area contributed by atoms with E-state index < -0.39 is 34.1 Å². The van der Waals surface area contributed by atoms with E-state index in [9.17, 15) is 42.3 Å². The minimum Gasteiger partial charge on any atom is -0.456 e. The number of carbonyl (C=O) groups excluding carboxylic acids is 6. The second-order valence-corrected chi connectivity index (χ2v) is 29.4.